The Morgan fingerprint density at radius 2 is 0.931 bits per heavy atom. The van der Waals surface area contributed by atoms with E-state index in [2.05, 4.69) is 103 Å². The molecule has 5 rings (SSSR count). The molecule has 0 aliphatic carbocycles. The molecule has 0 amide bonds. The van der Waals surface area contributed by atoms with Crippen LogP contribution in [0.15, 0.2) is 115 Å². The molecule has 0 nitrogen and oxygen atoms in total. The lowest BCUT2D eigenvalue weighted by molar-refractivity contribution is 1.59. The Hall–Kier alpha value is -3.35. The third-order valence-corrected chi connectivity index (χ3v) is 5.60. The van der Waals surface area contributed by atoms with E-state index < -0.39 is 0 Å². The van der Waals surface area contributed by atoms with E-state index in [1.807, 2.05) is 12.1 Å². The van der Waals surface area contributed by atoms with E-state index in [1.165, 1.54) is 44.2 Å². The Kier molecular flexibility index (Phi) is 4.63. The second-order valence-corrected chi connectivity index (χ2v) is 7.57. The molecule has 0 radical (unpaired) electrons. The molecule has 0 spiro atoms. The molecule has 0 aliphatic rings. The van der Waals surface area contributed by atoms with Crippen molar-refractivity contribution in [2.75, 3.05) is 0 Å². The van der Waals surface area contributed by atoms with Gasteiger partial charge < -0.3 is 0 Å². The molecule has 0 saturated heterocycles. The van der Waals surface area contributed by atoms with Gasteiger partial charge in [0, 0.05) is 5.02 Å². The highest BCUT2D eigenvalue weighted by Crippen LogP contribution is 2.43. The van der Waals surface area contributed by atoms with Crippen LogP contribution in [-0.2, 0) is 0 Å². The fourth-order valence-electron chi connectivity index (χ4n) is 4.00. The third kappa shape index (κ3) is 3.33. The number of fused-ring (bicyclic) bond motifs is 1. The lowest BCUT2D eigenvalue weighted by atomic mass is 9.85. The highest BCUT2D eigenvalue weighted by atomic mass is 35.5. The molecule has 0 saturated carbocycles. The van der Waals surface area contributed by atoms with Gasteiger partial charge in [0.25, 0.3) is 0 Å². The number of hydrogen-bond donors (Lipinski definition) is 0. The molecular formula is C28H19Cl. The van der Waals surface area contributed by atoms with Crippen LogP contribution in [0.4, 0.5) is 0 Å². The van der Waals surface area contributed by atoms with Gasteiger partial charge >= 0.3 is 0 Å². The Labute approximate surface area is 176 Å². The van der Waals surface area contributed by atoms with Crippen molar-refractivity contribution < 1.29 is 0 Å². The predicted octanol–water partition coefficient (Wildman–Crippen LogP) is 8.49. The second-order valence-electron chi connectivity index (χ2n) is 7.13. The molecule has 0 atom stereocenters. The van der Waals surface area contributed by atoms with Gasteiger partial charge in [-0.15, -0.1) is 0 Å². The van der Waals surface area contributed by atoms with E-state index in [9.17, 15) is 0 Å². The topological polar surface area (TPSA) is 0 Å². The van der Waals surface area contributed by atoms with Gasteiger partial charge in [0.15, 0.2) is 0 Å². The van der Waals surface area contributed by atoms with Crippen LogP contribution in [0.3, 0.4) is 0 Å². The maximum Gasteiger partial charge on any atom is 0.0406 e. The highest BCUT2D eigenvalue weighted by molar-refractivity contribution is 6.30. The molecule has 0 unspecified atom stereocenters. The Bertz CT molecular complexity index is 1270. The molecular weight excluding hydrogens is 372 g/mol. The van der Waals surface area contributed by atoms with Crippen LogP contribution in [0.5, 0.6) is 0 Å². The van der Waals surface area contributed by atoms with Crippen LogP contribution in [0.2, 0.25) is 5.02 Å². The SMILES string of the molecule is Clc1ccc(-c2cc(-c3ccccc3)c(-c3ccccc3)c3ccccc23)cc1. The van der Waals surface area contributed by atoms with Gasteiger partial charge in [0.05, 0.1) is 0 Å². The fourth-order valence-corrected chi connectivity index (χ4v) is 4.13. The second kappa shape index (κ2) is 7.58. The van der Waals surface area contributed by atoms with E-state index in [1.54, 1.807) is 0 Å². The lowest BCUT2D eigenvalue weighted by Crippen LogP contribution is -1.91. The zero-order valence-corrected chi connectivity index (χ0v) is 16.6. The van der Waals surface area contributed by atoms with Crippen molar-refractivity contribution in [1.82, 2.24) is 0 Å². The summed E-state index contributed by atoms with van der Waals surface area (Å²) in [6.07, 6.45) is 0. The van der Waals surface area contributed by atoms with E-state index in [-0.39, 0.29) is 0 Å². The van der Waals surface area contributed by atoms with Gasteiger partial charge in [0.2, 0.25) is 0 Å². The molecule has 138 valence electrons. The summed E-state index contributed by atoms with van der Waals surface area (Å²) in [5, 5.41) is 3.25. The average Bonchev–Trinajstić information content (AvgIpc) is 2.80. The smallest absolute Gasteiger partial charge is 0.0406 e. The van der Waals surface area contributed by atoms with Crippen LogP contribution in [0, 0.1) is 0 Å². The summed E-state index contributed by atoms with van der Waals surface area (Å²) in [4.78, 5) is 0. The van der Waals surface area contributed by atoms with E-state index in [0.29, 0.717) is 0 Å². The summed E-state index contributed by atoms with van der Waals surface area (Å²) in [7, 11) is 0. The summed E-state index contributed by atoms with van der Waals surface area (Å²) in [5.41, 5.74) is 7.33. The van der Waals surface area contributed by atoms with Crippen molar-refractivity contribution >= 4 is 22.4 Å². The van der Waals surface area contributed by atoms with Crippen LogP contribution >= 0.6 is 11.6 Å². The first-order chi connectivity index (χ1) is 14.3. The summed E-state index contributed by atoms with van der Waals surface area (Å²) < 4.78 is 0. The first-order valence-electron chi connectivity index (χ1n) is 9.74. The van der Waals surface area contributed by atoms with Gasteiger partial charge in [-0.2, -0.15) is 0 Å². The maximum absolute atomic E-state index is 6.15. The molecule has 5 aromatic carbocycles. The van der Waals surface area contributed by atoms with Gasteiger partial charge in [0.1, 0.15) is 0 Å². The van der Waals surface area contributed by atoms with Crippen molar-refractivity contribution in [2.24, 2.45) is 0 Å². The largest absolute Gasteiger partial charge is 0.0843 e. The van der Waals surface area contributed by atoms with Crippen molar-refractivity contribution in [2.45, 2.75) is 0 Å². The average molecular weight is 391 g/mol. The van der Waals surface area contributed by atoms with Crippen LogP contribution in [0.25, 0.3) is 44.2 Å². The minimum Gasteiger partial charge on any atom is -0.0843 e. The standard InChI is InChI=1S/C28H19Cl/c29-23-17-15-21(16-18-23)26-19-27(20-9-3-1-4-10-20)28(22-11-5-2-6-12-22)25-14-8-7-13-24(25)26/h1-19H. The number of benzene rings is 5. The van der Waals surface area contributed by atoms with E-state index in [0.717, 1.165) is 5.02 Å². The van der Waals surface area contributed by atoms with Crippen molar-refractivity contribution in [3.63, 3.8) is 0 Å². The summed E-state index contributed by atoms with van der Waals surface area (Å²) in [5.74, 6) is 0. The molecule has 0 aliphatic heterocycles. The molecule has 0 fully saturated rings. The van der Waals surface area contributed by atoms with Crippen LogP contribution in [-0.4, -0.2) is 0 Å². The number of halogens is 1. The van der Waals surface area contributed by atoms with Gasteiger partial charge in [-0.3, -0.25) is 0 Å². The van der Waals surface area contributed by atoms with E-state index in [4.69, 9.17) is 11.6 Å². The fraction of sp³-hybridized carbons (Fsp3) is 0. The first-order valence-corrected chi connectivity index (χ1v) is 10.1. The molecule has 1 heteroatoms. The number of hydrogen-bond acceptors (Lipinski definition) is 0. The minimum absolute atomic E-state index is 0.752. The summed E-state index contributed by atoms with van der Waals surface area (Å²) in [6, 6.07) is 40.4. The van der Waals surface area contributed by atoms with Crippen molar-refractivity contribution in [1.29, 1.82) is 0 Å². The highest BCUT2D eigenvalue weighted by Gasteiger charge is 2.16. The molecule has 0 bridgehead atoms. The van der Waals surface area contributed by atoms with Crippen molar-refractivity contribution in [3.8, 4) is 33.4 Å². The van der Waals surface area contributed by atoms with E-state index >= 15 is 0 Å². The molecule has 0 heterocycles. The Morgan fingerprint density at radius 3 is 1.59 bits per heavy atom. The van der Waals surface area contributed by atoms with Gasteiger partial charge in [-0.05, 0) is 62.4 Å². The van der Waals surface area contributed by atoms with Crippen LogP contribution < -0.4 is 0 Å². The zero-order valence-electron chi connectivity index (χ0n) is 15.8. The van der Waals surface area contributed by atoms with Crippen molar-refractivity contribution in [3.05, 3.63) is 120 Å². The Morgan fingerprint density at radius 1 is 0.414 bits per heavy atom. The normalized spacial score (nSPS) is 10.9. The molecule has 0 N–H and O–H groups in total. The summed E-state index contributed by atoms with van der Waals surface area (Å²) >= 11 is 6.15. The molecule has 29 heavy (non-hydrogen) atoms. The van der Waals surface area contributed by atoms with Gasteiger partial charge in [-0.25, -0.2) is 0 Å². The number of rotatable bonds is 3. The molecule has 5 aromatic rings. The Balaban J connectivity index is 1.91. The third-order valence-electron chi connectivity index (χ3n) is 5.35. The van der Waals surface area contributed by atoms with Gasteiger partial charge in [-0.1, -0.05) is 109 Å². The monoisotopic (exact) mass is 390 g/mol. The maximum atomic E-state index is 6.15. The first kappa shape index (κ1) is 17.7. The predicted molar refractivity (Wildman–Crippen MR) is 125 cm³/mol. The minimum atomic E-state index is 0.752. The summed E-state index contributed by atoms with van der Waals surface area (Å²) in [6.45, 7) is 0. The zero-order chi connectivity index (χ0) is 19.6. The molecule has 0 aromatic heterocycles. The quantitative estimate of drug-likeness (QED) is 0.289. The lowest BCUT2D eigenvalue weighted by Gasteiger charge is -2.18. The van der Waals surface area contributed by atoms with Crippen LogP contribution in [0.1, 0.15) is 0 Å².